The number of nitriles is 1. The fourth-order valence-electron chi connectivity index (χ4n) is 0.938. The van der Waals surface area contributed by atoms with E-state index in [1.165, 1.54) is 6.07 Å². The van der Waals surface area contributed by atoms with Crippen molar-refractivity contribution < 1.29 is 17.7 Å². The average molecular weight is 265 g/mol. The summed E-state index contributed by atoms with van der Waals surface area (Å²) in [6.45, 7) is 0. The lowest BCUT2D eigenvalue weighted by molar-refractivity contribution is -0.387. The summed E-state index contributed by atoms with van der Waals surface area (Å²) in [4.78, 5) is 8.55. The van der Waals surface area contributed by atoms with E-state index in [9.17, 15) is 22.9 Å². The van der Waals surface area contributed by atoms with E-state index in [-0.39, 0.29) is 0 Å². The minimum Gasteiger partial charge on any atom is -0.258 e. The molecule has 0 bridgehead atoms. The predicted octanol–water partition coefficient (Wildman–Crippen LogP) is 1.53. The average Bonchev–Trinajstić information content (AvgIpc) is 2.15. The lowest BCUT2D eigenvalue weighted by Crippen LogP contribution is -2.00. The zero-order valence-electron chi connectivity index (χ0n) is 7.35. The minimum atomic E-state index is -4.26. The third-order valence-corrected chi connectivity index (χ3v) is 2.96. The molecule has 9 heteroatoms. The topological polar surface area (TPSA) is 101 Å². The van der Waals surface area contributed by atoms with Crippen LogP contribution in [0.4, 0.5) is 10.1 Å². The first-order valence-electron chi connectivity index (χ1n) is 3.60. The van der Waals surface area contributed by atoms with E-state index in [2.05, 4.69) is 0 Å². The van der Waals surface area contributed by atoms with Gasteiger partial charge in [-0.1, -0.05) is 0 Å². The van der Waals surface area contributed by atoms with Crippen LogP contribution in [-0.4, -0.2) is 13.3 Å². The first kappa shape index (κ1) is 12.4. The van der Waals surface area contributed by atoms with E-state index < -0.39 is 35.9 Å². The Morgan fingerprint density at radius 3 is 2.44 bits per heavy atom. The zero-order chi connectivity index (χ0) is 12.5. The Morgan fingerprint density at radius 1 is 1.50 bits per heavy atom. The molecule has 0 aliphatic heterocycles. The Bertz CT molecular complexity index is 608. The van der Waals surface area contributed by atoms with Crippen molar-refractivity contribution >= 4 is 25.4 Å². The molecule has 0 saturated carbocycles. The Balaban J connectivity index is 3.68. The van der Waals surface area contributed by atoms with Gasteiger partial charge < -0.3 is 0 Å². The van der Waals surface area contributed by atoms with Gasteiger partial charge in [0.1, 0.15) is 6.07 Å². The number of nitro groups is 1. The van der Waals surface area contributed by atoms with Gasteiger partial charge in [-0.2, -0.15) is 9.65 Å². The summed E-state index contributed by atoms with van der Waals surface area (Å²) in [6, 6.07) is 2.39. The number of hydrogen-bond acceptors (Lipinski definition) is 5. The monoisotopic (exact) mass is 264 g/mol. The molecule has 0 saturated heterocycles. The van der Waals surface area contributed by atoms with E-state index in [1.807, 2.05) is 0 Å². The maximum atomic E-state index is 13.2. The third kappa shape index (κ3) is 2.26. The highest BCUT2D eigenvalue weighted by Gasteiger charge is 2.24. The molecule has 0 unspecified atom stereocenters. The van der Waals surface area contributed by atoms with Crippen LogP contribution in [0.3, 0.4) is 0 Å². The molecule has 0 heterocycles. The summed E-state index contributed by atoms with van der Waals surface area (Å²) in [7, 11) is 0.676. The molecule has 0 spiro atoms. The van der Waals surface area contributed by atoms with Crippen LogP contribution in [0.1, 0.15) is 5.56 Å². The molecule has 84 valence electrons. The fourth-order valence-corrected chi connectivity index (χ4v) is 1.72. The van der Waals surface area contributed by atoms with Gasteiger partial charge in [-0.15, -0.1) is 0 Å². The lowest BCUT2D eigenvalue weighted by Gasteiger charge is -1.99. The Morgan fingerprint density at radius 2 is 2.06 bits per heavy atom. The molecule has 0 aliphatic carbocycles. The van der Waals surface area contributed by atoms with E-state index in [0.29, 0.717) is 12.1 Å². The lowest BCUT2D eigenvalue weighted by atomic mass is 10.2. The minimum absolute atomic E-state index is 0.457. The van der Waals surface area contributed by atoms with Gasteiger partial charge in [0.2, 0.25) is 5.82 Å². The van der Waals surface area contributed by atoms with E-state index in [4.69, 9.17) is 15.9 Å². The Hall–Kier alpha value is -1.72. The molecule has 6 nitrogen and oxygen atoms in total. The number of rotatable bonds is 2. The summed E-state index contributed by atoms with van der Waals surface area (Å²) >= 11 is 0. The summed E-state index contributed by atoms with van der Waals surface area (Å²) in [5, 5.41) is 18.9. The molecule has 0 radical (unpaired) electrons. The second-order valence-corrected chi connectivity index (χ2v) is 5.18. The first-order chi connectivity index (χ1) is 7.27. The maximum Gasteiger partial charge on any atom is 0.307 e. The molecule has 1 rings (SSSR count). The van der Waals surface area contributed by atoms with E-state index in [0.717, 1.165) is 0 Å². The number of halogens is 2. The van der Waals surface area contributed by atoms with Crippen LogP contribution in [0.15, 0.2) is 17.0 Å². The standard InChI is InChI=1S/C7H2ClFN2O4S/c8-16(14,15)5-1-4(3-10)7(9)6(2-5)11(12)13/h1-2H. The molecule has 0 aromatic heterocycles. The molecule has 1 aromatic carbocycles. The normalized spacial score (nSPS) is 10.8. The molecular formula is C7H2ClFN2O4S. The van der Waals surface area contributed by atoms with Crippen molar-refractivity contribution in [1.82, 2.24) is 0 Å². The molecule has 0 aliphatic rings. The first-order valence-corrected chi connectivity index (χ1v) is 5.91. The summed E-state index contributed by atoms with van der Waals surface area (Å²) in [6.07, 6.45) is 0. The van der Waals surface area contributed by atoms with Gasteiger partial charge in [0.25, 0.3) is 9.05 Å². The summed E-state index contributed by atoms with van der Waals surface area (Å²) in [5.74, 6) is -1.39. The highest BCUT2D eigenvalue weighted by molar-refractivity contribution is 8.13. The van der Waals surface area contributed by atoms with Gasteiger partial charge >= 0.3 is 5.69 Å². The third-order valence-electron chi connectivity index (χ3n) is 1.63. The number of benzene rings is 1. The molecule has 0 N–H and O–H groups in total. The van der Waals surface area contributed by atoms with Crippen molar-refractivity contribution in [2.45, 2.75) is 4.90 Å². The van der Waals surface area contributed by atoms with Crippen LogP contribution in [-0.2, 0) is 9.05 Å². The largest absolute Gasteiger partial charge is 0.307 e. The molecule has 0 amide bonds. The van der Waals surface area contributed by atoms with Crippen LogP contribution in [0.25, 0.3) is 0 Å². The molecule has 1 aromatic rings. The van der Waals surface area contributed by atoms with Crippen molar-refractivity contribution in [3.63, 3.8) is 0 Å². The van der Waals surface area contributed by atoms with E-state index in [1.54, 1.807) is 0 Å². The highest BCUT2D eigenvalue weighted by Crippen LogP contribution is 2.26. The number of nitro benzene ring substituents is 1. The predicted molar refractivity (Wildman–Crippen MR) is 50.8 cm³/mol. The SMILES string of the molecule is N#Cc1cc(S(=O)(=O)Cl)cc([N+](=O)[O-])c1F. The maximum absolute atomic E-state index is 13.2. The van der Waals surface area contributed by atoms with Crippen molar-refractivity contribution in [3.05, 3.63) is 33.6 Å². The smallest absolute Gasteiger partial charge is 0.258 e. The van der Waals surface area contributed by atoms with Gasteiger partial charge in [0.15, 0.2) is 0 Å². The van der Waals surface area contributed by atoms with Crippen LogP contribution in [0, 0.1) is 27.3 Å². The van der Waals surface area contributed by atoms with Crippen LogP contribution in [0.5, 0.6) is 0 Å². The zero-order valence-corrected chi connectivity index (χ0v) is 8.92. The van der Waals surface area contributed by atoms with Crippen LogP contribution in [0.2, 0.25) is 0 Å². The molecule has 0 atom stereocenters. The fraction of sp³-hybridized carbons (Fsp3) is 0. The second-order valence-electron chi connectivity index (χ2n) is 2.61. The van der Waals surface area contributed by atoms with Crippen LogP contribution >= 0.6 is 10.7 Å². The van der Waals surface area contributed by atoms with Crippen molar-refractivity contribution in [1.29, 1.82) is 5.26 Å². The quantitative estimate of drug-likeness (QED) is 0.458. The van der Waals surface area contributed by atoms with Gasteiger partial charge in [-0.25, -0.2) is 8.42 Å². The van der Waals surface area contributed by atoms with Crippen molar-refractivity contribution in [2.24, 2.45) is 0 Å². The van der Waals surface area contributed by atoms with Crippen LogP contribution < -0.4 is 0 Å². The van der Waals surface area contributed by atoms with Gasteiger partial charge in [-0.05, 0) is 6.07 Å². The number of hydrogen-bond donors (Lipinski definition) is 0. The Labute approximate surface area is 93.4 Å². The molecule has 16 heavy (non-hydrogen) atoms. The Kier molecular flexibility index (Phi) is 3.11. The van der Waals surface area contributed by atoms with Crippen molar-refractivity contribution in [2.75, 3.05) is 0 Å². The van der Waals surface area contributed by atoms with Gasteiger partial charge in [0, 0.05) is 16.7 Å². The highest BCUT2D eigenvalue weighted by atomic mass is 35.7. The van der Waals surface area contributed by atoms with Gasteiger partial charge in [0.05, 0.1) is 15.4 Å². The van der Waals surface area contributed by atoms with E-state index >= 15 is 0 Å². The van der Waals surface area contributed by atoms with Crippen molar-refractivity contribution in [3.8, 4) is 6.07 Å². The second kappa shape index (κ2) is 4.03. The summed E-state index contributed by atoms with van der Waals surface area (Å²) in [5.41, 5.74) is -1.87. The molecule has 0 fully saturated rings. The number of nitrogens with zero attached hydrogens (tertiary/aromatic N) is 2. The molecular weight excluding hydrogens is 263 g/mol. The summed E-state index contributed by atoms with van der Waals surface area (Å²) < 4.78 is 35.0. The van der Waals surface area contributed by atoms with Gasteiger partial charge in [-0.3, -0.25) is 10.1 Å².